The molecule has 118 valence electrons. The summed E-state index contributed by atoms with van der Waals surface area (Å²) in [5.41, 5.74) is 0.869. The maximum absolute atomic E-state index is 6.32. The first kappa shape index (κ1) is 15.8. The fourth-order valence-corrected chi connectivity index (χ4v) is 3.17. The number of nitrogens with zero attached hydrogens (tertiary/aromatic N) is 3. The lowest BCUT2D eigenvalue weighted by atomic mass is 10.2. The average molecular weight is 340 g/mol. The number of ether oxygens (including phenoxy) is 1. The highest BCUT2D eigenvalue weighted by Gasteiger charge is 2.18. The van der Waals surface area contributed by atoms with Crippen molar-refractivity contribution >= 4 is 23.2 Å². The maximum atomic E-state index is 6.32. The highest BCUT2D eigenvalue weighted by molar-refractivity contribution is 6.35. The third-order valence-corrected chi connectivity index (χ3v) is 4.50. The minimum atomic E-state index is 0.297. The summed E-state index contributed by atoms with van der Waals surface area (Å²) in [6.07, 6.45) is 3.81. The number of aromatic nitrogens is 2. The van der Waals surface area contributed by atoms with Gasteiger partial charge in [-0.05, 0) is 25.1 Å². The molecule has 0 radical (unpaired) electrons. The summed E-state index contributed by atoms with van der Waals surface area (Å²) in [4.78, 5) is 6.89. The molecule has 2 aromatic rings. The molecule has 22 heavy (non-hydrogen) atoms. The van der Waals surface area contributed by atoms with Crippen molar-refractivity contribution in [2.75, 3.05) is 32.8 Å². The lowest BCUT2D eigenvalue weighted by Gasteiger charge is -2.30. The molecular formula is C16H19Cl2N3O. The molecule has 0 unspecified atom stereocenters. The first-order valence-corrected chi connectivity index (χ1v) is 8.19. The Balaban J connectivity index is 1.83. The van der Waals surface area contributed by atoms with E-state index in [1.54, 1.807) is 6.07 Å². The quantitative estimate of drug-likeness (QED) is 0.849. The van der Waals surface area contributed by atoms with Gasteiger partial charge in [-0.2, -0.15) is 0 Å². The number of hydrogen-bond acceptors (Lipinski definition) is 3. The fourth-order valence-electron chi connectivity index (χ4n) is 2.79. The van der Waals surface area contributed by atoms with E-state index in [0.29, 0.717) is 16.1 Å². The van der Waals surface area contributed by atoms with Crippen molar-refractivity contribution in [3.8, 4) is 11.4 Å². The minimum absolute atomic E-state index is 0.297. The molecule has 1 atom stereocenters. The van der Waals surface area contributed by atoms with Gasteiger partial charge in [-0.3, -0.25) is 4.90 Å². The lowest BCUT2D eigenvalue weighted by molar-refractivity contribution is 0.0326. The van der Waals surface area contributed by atoms with Crippen LogP contribution in [0, 0.1) is 0 Å². The molecule has 0 spiro atoms. The molecule has 1 aliphatic heterocycles. The number of morpholine rings is 1. The molecule has 0 aliphatic carbocycles. The summed E-state index contributed by atoms with van der Waals surface area (Å²) in [5, 5.41) is 1.32. The summed E-state index contributed by atoms with van der Waals surface area (Å²) in [7, 11) is 0. The van der Waals surface area contributed by atoms with Gasteiger partial charge in [0.1, 0.15) is 5.82 Å². The van der Waals surface area contributed by atoms with E-state index in [0.717, 1.165) is 44.2 Å². The molecule has 1 fully saturated rings. The Morgan fingerprint density at radius 1 is 1.27 bits per heavy atom. The largest absolute Gasteiger partial charge is 0.379 e. The zero-order chi connectivity index (χ0) is 15.5. The van der Waals surface area contributed by atoms with Gasteiger partial charge in [0, 0.05) is 48.7 Å². The van der Waals surface area contributed by atoms with Gasteiger partial charge in [0.15, 0.2) is 0 Å². The van der Waals surface area contributed by atoms with Crippen LogP contribution in [0.25, 0.3) is 11.4 Å². The van der Waals surface area contributed by atoms with Gasteiger partial charge in [0.05, 0.1) is 18.2 Å². The van der Waals surface area contributed by atoms with Crippen LogP contribution in [0.15, 0.2) is 30.6 Å². The van der Waals surface area contributed by atoms with Gasteiger partial charge in [-0.25, -0.2) is 4.98 Å². The molecule has 2 heterocycles. The number of imidazole rings is 1. The van der Waals surface area contributed by atoms with Crippen molar-refractivity contribution in [1.29, 1.82) is 0 Å². The number of benzene rings is 1. The zero-order valence-electron chi connectivity index (χ0n) is 12.5. The van der Waals surface area contributed by atoms with Gasteiger partial charge in [0.2, 0.25) is 0 Å². The SMILES string of the molecule is C[C@H](CN1CCOCC1)n1ccnc1-c1cc(Cl)ccc1Cl. The molecular weight excluding hydrogens is 321 g/mol. The minimum Gasteiger partial charge on any atom is -0.379 e. The molecule has 0 saturated carbocycles. The van der Waals surface area contributed by atoms with Crippen LogP contribution in [0.3, 0.4) is 0 Å². The van der Waals surface area contributed by atoms with E-state index in [1.165, 1.54) is 0 Å². The van der Waals surface area contributed by atoms with Gasteiger partial charge >= 0.3 is 0 Å². The van der Waals surface area contributed by atoms with E-state index < -0.39 is 0 Å². The molecule has 1 aliphatic rings. The van der Waals surface area contributed by atoms with Crippen LogP contribution < -0.4 is 0 Å². The predicted molar refractivity (Wildman–Crippen MR) is 89.7 cm³/mol. The first-order valence-electron chi connectivity index (χ1n) is 7.43. The molecule has 0 N–H and O–H groups in total. The van der Waals surface area contributed by atoms with Crippen LogP contribution in [0.5, 0.6) is 0 Å². The fraction of sp³-hybridized carbons (Fsp3) is 0.438. The second-order valence-corrected chi connectivity index (χ2v) is 6.39. The van der Waals surface area contributed by atoms with E-state index in [2.05, 4.69) is 21.4 Å². The van der Waals surface area contributed by atoms with Crippen molar-refractivity contribution < 1.29 is 4.74 Å². The van der Waals surface area contributed by atoms with Crippen LogP contribution >= 0.6 is 23.2 Å². The number of halogens is 2. The third kappa shape index (κ3) is 3.46. The molecule has 4 nitrogen and oxygen atoms in total. The average Bonchev–Trinajstić information content (AvgIpc) is 3.00. The summed E-state index contributed by atoms with van der Waals surface area (Å²) in [6.45, 7) is 6.73. The summed E-state index contributed by atoms with van der Waals surface area (Å²) >= 11 is 12.4. The van der Waals surface area contributed by atoms with E-state index in [4.69, 9.17) is 27.9 Å². The van der Waals surface area contributed by atoms with Crippen LogP contribution in [-0.2, 0) is 4.74 Å². The zero-order valence-corrected chi connectivity index (χ0v) is 14.0. The standard InChI is InChI=1S/C16H19Cl2N3O/c1-12(11-20-6-8-22-9-7-20)21-5-4-19-16(21)14-10-13(17)2-3-15(14)18/h2-5,10,12H,6-9,11H2,1H3/t12-/m1/s1. The molecule has 6 heteroatoms. The van der Waals surface area contributed by atoms with Gasteiger partial charge in [-0.1, -0.05) is 23.2 Å². The van der Waals surface area contributed by atoms with Crippen molar-refractivity contribution in [2.45, 2.75) is 13.0 Å². The summed E-state index contributed by atoms with van der Waals surface area (Å²) in [5.74, 6) is 0.855. The van der Waals surface area contributed by atoms with Crippen LogP contribution in [0.2, 0.25) is 10.0 Å². The third-order valence-electron chi connectivity index (χ3n) is 3.94. The lowest BCUT2D eigenvalue weighted by Crippen LogP contribution is -2.39. The molecule has 0 amide bonds. The van der Waals surface area contributed by atoms with Gasteiger partial charge in [-0.15, -0.1) is 0 Å². The van der Waals surface area contributed by atoms with E-state index in [-0.39, 0.29) is 0 Å². The first-order chi connectivity index (χ1) is 10.6. The van der Waals surface area contributed by atoms with E-state index in [1.807, 2.05) is 24.5 Å². The van der Waals surface area contributed by atoms with Crippen molar-refractivity contribution in [3.05, 3.63) is 40.6 Å². The van der Waals surface area contributed by atoms with Crippen LogP contribution in [0.1, 0.15) is 13.0 Å². The summed E-state index contributed by atoms with van der Waals surface area (Å²) in [6, 6.07) is 5.76. The molecule has 1 aromatic carbocycles. The Morgan fingerprint density at radius 3 is 2.82 bits per heavy atom. The van der Waals surface area contributed by atoms with E-state index in [9.17, 15) is 0 Å². The number of hydrogen-bond donors (Lipinski definition) is 0. The normalized spacial score (nSPS) is 17.6. The van der Waals surface area contributed by atoms with Gasteiger partial charge in [0.25, 0.3) is 0 Å². The molecule has 3 rings (SSSR count). The molecule has 0 bridgehead atoms. The Morgan fingerprint density at radius 2 is 2.05 bits per heavy atom. The topological polar surface area (TPSA) is 30.3 Å². The smallest absolute Gasteiger partial charge is 0.141 e. The highest BCUT2D eigenvalue weighted by atomic mass is 35.5. The highest BCUT2D eigenvalue weighted by Crippen LogP contribution is 2.31. The van der Waals surface area contributed by atoms with E-state index >= 15 is 0 Å². The number of rotatable bonds is 4. The predicted octanol–water partition coefficient (Wildman–Crippen LogP) is 3.75. The molecule has 1 saturated heterocycles. The Labute approximate surface area is 140 Å². The van der Waals surface area contributed by atoms with Crippen molar-refractivity contribution in [2.24, 2.45) is 0 Å². The van der Waals surface area contributed by atoms with Gasteiger partial charge < -0.3 is 9.30 Å². The van der Waals surface area contributed by atoms with Crippen molar-refractivity contribution in [1.82, 2.24) is 14.5 Å². The molecule has 1 aromatic heterocycles. The Hall–Kier alpha value is -1.07. The second-order valence-electron chi connectivity index (χ2n) is 5.54. The van der Waals surface area contributed by atoms with Crippen LogP contribution in [0.4, 0.5) is 0 Å². The van der Waals surface area contributed by atoms with Crippen molar-refractivity contribution in [3.63, 3.8) is 0 Å². The second kappa shape index (κ2) is 7.01. The summed E-state index contributed by atoms with van der Waals surface area (Å²) < 4.78 is 7.56. The van der Waals surface area contributed by atoms with Crippen LogP contribution in [-0.4, -0.2) is 47.3 Å². The monoisotopic (exact) mass is 339 g/mol. The maximum Gasteiger partial charge on any atom is 0.141 e. The Kier molecular flexibility index (Phi) is 5.03. The Bertz CT molecular complexity index is 638.